The zero-order valence-corrected chi connectivity index (χ0v) is 15.7. The summed E-state index contributed by atoms with van der Waals surface area (Å²) in [6, 6.07) is 21.0. The molecule has 0 saturated carbocycles. The van der Waals surface area contributed by atoms with Gasteiger partial charge in [0.25, 0.3) is 0 Å². The maximum atomic E-state index is 12.1. The lowest BCUT2D eigenvalue weighted by atomic mass is 10.1. The summed E-state index contributed by atoms with van der Waals surface area (Å²) in [7, 11) is 0. The van der Waals surface area contributed by atoms with Crippen LogP contribution >= 0.6 is 11.6 Å². The molecule has 1 amide bonds. The first-order valence-corrected chi connectivity index (χ1v) is 9.19. The van der Waals surface area contributed by atoms with Crippen LogP contribution in [0.5, 0.6) is 5.75 Å². The fourth-order valence-corrected chi connectivity index (χ4v) is 2.71. The van der Waals surface area contributed by atoms with Crippen molar-refractivity contribution in [1.29, 1.82) is 0 Å². The Morgan fingerprint density at radius 1 is 1.00 bits per heavy atom. The molecule has 2 aromatic carbocycles. The number of carbonyl (C=O) groups excluding carboxylic acids is 1. The predicted octanol–water partition coefficient (Wildman–Crippen LogP) is 4.56. The number of ether oxygens (including phenoxy) is 1. The molecular weight excluding hydrogens is 360 g/mol. The molecule has 1 heterocycles. The van der Waals surface area contributed by atoms with Crippen LogP contribution < -0.4 is 10.1 Å². The van der Waals surface area contributed by atoms with Crippen molar-refractivity contribution in [3.05, 3.63) is 94.8 Å². The van der Waals surface area contributed by atoms with Crippen LogP contribution in [0.2, 0.25) is 5.02 Å². The number of pyridine rings is 1. The second kappa shape index (κ2) is 9.74. The molecule has 3 rings (SSSR count). The quantitative estimate of drug-likeness (QED) is 0.623. The zero-order valence-electron chi connectivity index (χ0n) is 14.9. The van der Waals surface area contributed by atoms with E-state index in [2.05, 4.69) is 10.3 Å². The van der Waals surface area contributed by atoms with Crippen LogP contribution in [0.4, 0.5) is 0 Å². The van der Waals surface area contributed by atoms with Crippen LogP contribution in [0, 0.1) is 0 Å². The predicted molar refractivity (Wildman–Crippen MR) is 107 cm³/mol. The first-order chi connectivity index (χ1) is 13.2. The number of rotatable bonds is 8. The number of aromatic nitrogens is 1. The van der Waals surface area contributed by atoms with Gasteiger partial charge in [0.2, 0.25) is 5.91 Å². The molecule has 1 N–H and O–H groups in total. The minimum atomic E-state index is 0.0183. The molecule has 0 spiro atoms. The van der Waals surface area contributed by atoms with Crippen molar-refractivity contribution in [2.24, 2.45) is 0 Å². The van der Waals surface area contributed by atoms with Gasteiger partial charge in [-0.15, -0.1) is 0 Å². The molecule has 0 bridgehead atoms. The molecule has 5 heteroatoms. The van der Waals surface area contributed by atoms with Crippen molar-refractivity contribution in [1.82, 2.24) is 10.3 Å². The largest absolute Gasteiger partial charge is 0.487 e. The first kappa shape index (κ1) is 18.9. The van der Waals surface area contributed by atoms with E-state index in [-0.39, 0.29) is 5.91 Å². The third kappa shape index (κ3) is 6.42. The summed E-state index contributed by atoms with van der Waals surface area (Å²) in [6.45, 7) is 0.887. The Balaban J connectivity index is 1.44. The number of amides is 1. The average Bonchev–Trinajstić information content (AvgIpc) is 2.71. The van der Waals surface area contributed by atoms with Crippen molar-refractivity contribution >= 4 is 17.5 Å². The van der Waals surface area contributed by atoms with Gasteiger partial charge in [0, 0.05) is 24.2 Å². The Morgan fingerprint density at radius 3 is 2.63 bits per heavy atom. The van der Waals surface area contributed by atoms with E-state index in [1.807, 2.05) is 66.7 Å². The third-order valence-corrected chi connectivity index (χ3v) is 4.31. The summed E-state index contributed by atoms with van der Waals surface area (Å²) in [5.41, 5.74) is 2.96. The second-order valence-corrected chi connectivity index (χ2v) is 6.60. The Morgan fingerprint density at radius 2 is 1.85 bits per heavy atom. The van der Waals surface area contributed by atoms with E-state index in [1.54, 1.807) is 6.20 Å². The van der Waals surface area contributed by atoms with Crippen molar-refractivity contribution in [2.45, 2.75) is 26.0 Å². The third-order valence-electron chi connectivity index (χ3n) is 4.05. The number of hydrogen-bond acceptors (Lipinski definition) is 3. The molecule has 0 saturated heterocycles. The number of benzene rings is 2. The molecule has 0 radical (unpaired) electrons. The van der Waals surface area contributed by atoms with Crippen molar-refractivity contribution in [3.63, 3.8) is 0 Å². The van der Waals surface area contributed by atoms with Crippen molar-refractivity contribution < 1.29 is 9.53 Å². The van der Waals surface area contributed by atoms with Gasteiger partial charge in [-0.1, -0.05) is 41.9 Å². The topological polar surface area (TPSA) is 51.2 Å². The maximum absolute atomic E-state index is 12.1. The Hall–Kier alpha value is -2.85. The molecule has 0 aliphatic carbocycles. The smallest absolute Gasteiger partial charge is 0.220 e. The molecule has 0 atom stereocenters. The fourth-order valence-electron chi connectivity index (χ4n) is 2.58. The maximum Gasteiger partial charge on any atom is 0.220 e. The van der Waals surface area contributed by atoms with E-state index < -0.39 is 0 Å². The highest BCUT2D eigenvalue weighted by atomic mass is 35.5. The average molecular weight is 381 g/mol. The van der Waals surface area contributed by atoms with Crippen LogP contribution in [0.25, 0.3) is 0 Å². The van der Waals surface area contributed by atoms with Crippen LogP contribution in [0.3, 0.4) is 0 Å². The second-order valence-electron chi connectivity index (χ2n) is 6.16. The van der Waals surface area contributed by atoms with E-state index in [9.17, 15) is 4.79 Å². The van der Waals surface area contributed by atoms with Gasteiger partial charge >= 0.3 is 0 Å². The van der Waals surface area contributed by atoms with Gasteiger partial charge in [0.1, 0.15) is 12.4 Å². The van der Waals surface area contributed by atoms with Crippen molar-refractivity contribution in [3.8, 4) is 5.75 Å². The van der Waals surface area contributed by atoms with Crippen LogP contribution in [-0.2, 0) is 24.4 Å². The molecule has 0 aliphatic rings. The first-order valence-electron chi connectivity index (χ1n) is 8.82. The summed E-state index contributed by atoms with van der Waals surface area (Å²) in [6.07, 6.45) is 2.88. The molecule has 3 aromatic rings. The summed E-state index contributed by atoms with van der Waals surface area (Å²) >= 11 is 5.87. The van der Waals surface area contributed by atoms with Gasteiger partial charge in [-0.2, -0.15) is 0 Å². The van der Waals surface area contributed by atoms with Gasteiger partial charge in [-0.05, 0) is 53.9 Å². The minimum absolute atomic E-state index is 0.0183. The van der Waals surface area contributed by atoms with Crippen molar-refractivity contribution in [2.75, 3.05) is 0 Å². The van der Waals surface area contributed by atoms with Crippen LogP contribution in [-0.4, -0.2) is 10.9 Å². The van der Waals surface area contributed by atoms with Gasteiger partial charge in [-0.3, -0.25) is 9.78 Å². The molecule has 27 heavy (non-hydrogen) atoms. The minimum Gasteiger partial charge on any atom is -0.487 e. The summed E-state index contributed by atoms with van der Waals surface area (Å²) in [5, 5.41) is 3.65. The van der Waals surface area contributed by atoms with Gasteiger partial charge in [-0.25, -0.2) is 0 Å². The summed E-state index contributed by atoms with van der Waals surface area (Å²) < 4.78 is 5.77. The summed E-state index contributed by atoms with van der Waals surface area (Å²) in [4.78, 5) is 16.3. The molecule has 1 aromatic heterocycles. The molecular formula is C22H21ClN2O2. The standard InChI is InChI=1S/C22H21ClN2O2/c23-19-10-7-17(8-11-19)9-12-22(26)25-15-18-4-3-6-21(14-18)27-16-20-5-1-2-13-24-20/h1-8,10-11,13-14H,9,12,15-16H2,(H,25,26). The molecule has 0 aliphatic heterocycles. The number of nitrogens with one attached hydrogen (secondary N) is 1. The molecule has 138 valence electrons. The van der Waals surface area contributed by atoms with E-state index in [1.165, 1.54) is 0 Å². The fraction of sp³-hybridized carbons (Fsp3) is 0.182. The van der Waals surface area contributed by atoms with Crippen LogP contribution in [0.15, 0.2) is 72.9 Å². The number of hydrogen-bond donors (Lipinski definition) is 1. The number of halogens is 1. The lowest BCUT2D eigenvalue weighted by Crippen LogP contribution is -2.23. The highest BCUT2D eigenvalue weighted by molar-refractivity contribution is 6.30. The van der Waals surface area contributed by atoms with Gasteiger partial charge < -0.3 is 10.1 Å². The SMILES string of the molecule is O=C(CCc1ccc(Cl)cc1)NCc1cccc(OCc2ccccn2)c1. The van der Waals surface area contributed by atoms with Gasteiger partial charge in [0.05, 0.1) is 5.69 Å². The highest BCUT2D eigenvalue weighted by Crippen LogP contribution is 2.15. The number of aryl methyl sites for hydroxylation is 1. The Bertz CT molecular complexity index is 867. The van der Waals surface area contributed by atoms with E-state index >= 15 is 0 Å². The highest BCUT2D eigenvalue weighted by Gasteiger charge is 2.04. The lowest BCUT2D eigenvalue weighted by molar-refractivity contribution is -0.121. The number of nitrogens with zero attached hydrogens (tertiary/aromatic N) is 1. The summed E-state index contributed by atoms with van der Waals surface area (Å²) in [5.74, 6) is 0.776. The lowest BCUT2D eigenvalue weighted by Gasteiger charge is -2.09. The molecule has 0 unspecified atom stereocenters. The monoisotopic (exact) mass is 380 g/mol. The number of carbonyl (C=O) groups is 1. The zero-order chi connectivity index (χ0) is 18.9. The molecule has 0 fully saturated rings. The normalized spacial score (nSPS) is 10.4. The van der Waals surface area contributed by atoms with E-state index in [0.29, 0.717) is 31.0 Å². The molecule has 4 nitrogen and oxygen atoms in total. The van der Waals surface area contributed by atoms with E-state index in [4.69, 9.17) is 16.3 Å². The van der Waals surface area contributed by atoms with Crippen LogP contribution in [0.1, 0.15) is 23.2 Å². The Labute approximate surface area is 164 Å². The van der Waals surface area contributed by atoms with E-state index in [0.717, 1.165) is 22.6 Å². The van der Waals surface area contributed by atoms with Gasteiger partial charge in [0.15, 0.2) is 0 Å². The Kier molecular flexibility index (Phi) is 6.83.